The molecule has 0 amide bonds. The average molecular weight is 248 g/mol. The van der Waals surface area contributed by atoms with E-state index in [0.29, 0.717) is 11.1 Å². The lowest BCUT2D eigenvalue weighted by Crippen LogP contribution is -2.00. The third-order valence-electron chi connectivity index (χ3n) is 1.51. The topological polar surface area (TPSA) is 22.1 Å². The number of ether oxygens (including phenoxy) is 1. The molecular weight excluding hydrogens is 237 g/mol. The summed E-state index contributed by atoms with van der Waals surface area (Å²) in [5.41, 5.74) is 0. The van der Waals surface area contributed by atoms with E-state index in [1.807, 2.05) is 0 Å². The van der Waals surface area contributed by atoms with Crippen LogP contribution in [0.25, 0.3) is 0 Å². The zero-order chi connectivity index (χ0) is 9.68. The first-order chi connectivity index (χ1) is 6.24. The number of rotatable bonds is 4. The molecule has 0 saturated heterocycles. The van der Waals surface area contributed by atoms with E-state index in [0.717, 1.165) is 12.8 Å². The molecule has 0 fully saturated rings. The van der Waals surface area contributed by atoms with E-state index in [-0.39, 0.29) is 5.88 Å². The highest BCUT2D eigenvalue weighted by atomic mass is 79.9. The fourth-order valence-corrected chi connectivity index (χ4v) is 1.12. The summed E-state index contributed by atoms with van der Waals surface area (Å²) >= 11 is 3.12. The maximum Gasteiger partial charge on any atom is 0.250 e. The Morgan fingerprint density at radius 2 is 2.38 bits per heavy atom. The molecule has 1 rings (SSSR count). The molecule has 0 radical (unpaired) electrons. The largest absolute Gasteiger partial charge is 0.476 e. The van der Waals surface area contributed by atoms with Crippen LogP contribution in [0.3, 0.4) is 0 Å². The Bertz CT molecular complexity index is 280. The molecule has 0 spiro atoms. The molecule has 0 aliphatic carbocycles. The van der Waals surface area contributed by atoms with E-state index in [2.05, 4.69) is 27.8 Å². The van der Waals surface area contributed by atoms with Gasteiger partial charge in [0.25, 0.3) is 0 Å². The van der Waals surface area contributed by atoms with Crippen molar-refractivity contribution >= 4 is 15.9 Å². The van der Waals surface area contributed by atoms with Gasteiger partial charge in [-0.3, -0.25) is 0 Å². The lowest BCUT2D eigenvalue weighted by molar-refractivity contribution is 0.281. The van der Waals surface area contributed by atoms with Gasteiger partial charge in [0.05, 0.1) is 6.61 Å². The van der Waals surface area contributed by atoms with Crippen LogP contribution in [-0.4, -0.2) is 11.6 Å². The monoisotopic (exact) mass is 247 g/mol. The van der Waals surface area contributed by atoms with Crippen molar-refractivity contribution in [1.82, 2.24) is 4.98 Å². The van der Waals surface area contributed by atoms with Crippen molar-refractivity contribution in [3.05, 3.63) is 22.6 Å². The second kappa shape index (κ2) is 5.17. The molecule has 2 nitrogen and oxygen atoms in total. The predicted molar refractivity (Wildman–Crippen MR) is 52.3 cm³/mol. The first-order valence-corrected chi connectivity index (χ1v) is 4.97. The summed E-state index contributed by atoms with van der Waals surface area (Å²) in [6.07, 6.45) is 3.46. The van der Waals surface area contributed by atoms with Gasteiger partial charge in [0, 0.05) is 10.7 Å². The van der Waals surface area contributed by atoms with Gasteiger partial charge in [-0.15, -0.1) is 0 Å². The summed E-state index contributed by atoms with van der Waals surface area (Å²) in [4.78, 5) is 3.81. The Morgan fingerprint density at radius 1 is 1.62 bits per heavy atom. The summed E-state index contributed by atoms with van der Waals surface area (Å²) in [7, 11) is 0. The lowest BCUT2D eigenvalue weighted by atomic mass is 10.4. The van der Waals surface area contributed by atoms with Gasteiger partial charge < -0.3 is 4.74 Å². The molecule has 72 valence electrons. The van der Waals surface area contributed by atoms with Gasteiger partial charge in [-0.1, -0.05) is 13.3 Å². The highest BCUT2D eigenvalue weighted by Gasteiger charge is 2.04. The molecule has 0 atom stereocenters. The Balaban J connectivity index is 2.56. The van der Waals surface area contributed by atoms with Crippen molar-refractivity contribution in [3.63, 3.8) is 0 Å². The van der Waals surface area contributed by atoms with E-state index in [1.165, 1.54) is 12.3 Å². The third-order valence-corrected chi connectivity index (χ3v) is 1.94. The second-order valence-corrected chi connectivity index (χ2v) is 3.56. The van der Waals surface area contributed by atoms with E-state index < -0.39 is 5.82 Å². The molecule has 0 aromatic carbocycles. The molecular formula is C9H11BrFNO. The van der Waals surface area contributed by atoms with Crippen LogP contribution in [0.2, 0.25) is 0 Å². The fraction of sp³-hybridized carbons (Fsp3) is 0.444. The van der Waals surface area contributed by atoms with Gasteiger partial charge in [-0.05, 0) is 28.4 Å². The Labute approximate surface area is 85.3 Å². The van der Waals surface area contributed by atoms with E-state index in [1.54, 1.807) is 0 Å². The SMILES string of the molecule is CCCCOc1ncc(Br)cc1F. The van der Waals surface area contributed by atoms with Gasteiger partial charge >= 0.3 is 0 Å². The summed E-state index contributed by atoms with van der Waals surface area (Å²) in [5.74, 6) is -0.345. The smallest absolute Gasteiger partial charge is 0.250 e. The molecule has 4 heteroatoms. The molecule has 1 aromatic rings. The Kier molecular flexibility index (Phi) is 4.15. The first kappa shape index (κ1) is 10.4. The maximum absolute atomic E-state index is 13.1. The normalized spacial score (nSPS) is 10.1. The molecule has 1 aromatic heterocycles. The molecule has 1 heterocycles. The quantitative estimate of drug-likeness (QED) is 0.763. The van der Waals surface area contributed by atoms with Crippen molar-refractivity contribution in [2.24, 2.45) is 0 Å². The van der Waals surface area contributed by atoms with Crippen molar-refractivity contribution in [2.75, 3.05) is 6.61 Å². The van der Waals surface area contributed by atoms with Crippen molar-refractivity contribution in [1.29, 1.82) is 0 Å². The standard InChI is InChI=1S/C9H11BrFNO/c1-2-3-4-13-9-8(11)5-7(10)6-12-9/h5-6H,2-4H2,1H3. The molecule has 0 unspecified atom stereocenters. The van der Waals surface area contributed by atoms with Crippen molar-refractivity contribution in [2.45, 2.75) is 19.8 Å². The number of unbranched alkanes of at least 4 members (excludes halogenated alkanes) is 1. The minimum atomic E-state index is -0.425. The number of pyridine rings is 1. The average Bonchev–Trinajstić information content (AvgIpc) is 2.09. The van der Waals surface area contributed by atoms with Crippen LogP contribution in [0, 0.1) is 5.82 Å². The van der Waals surface area contributed by atoms with Crippen molar-refractivity contribution in [3.8, 4) is 5.88 Å². The molecule has 0 aliphatic heterocycles. The summed E-state index contributed by atoms with van der Waals surface area (Å²) in [6.45, 7) is 2.57. The van der Waals surface area contributed by atoms with E-state index >= 15 is 0 Å². The van der Waals surface area contributed by atoms with Crippen LogP contribution < -0.4 is 4.74 Å². The van der Waals surface area contributed by atoms with Crippen LogP contribution in [0.4, 0.5) is 4.39 Å². The fourth-order valence-electron chi connectivity index (χ4n) is 0.821. The first-order valence-electron chi connectivity index (χ1n) is 4.18. The van der Waals surface area contributed by atoms with Crippen molar-refractivity contribution < 1.29 is 9.13 Å². The molecule has 0 aliphatic rings. The number of aromatic nitrogens is 1. The highest BCUT2D eigenvalue weighted by molar-refractivity contribution is 9.10. The van der Waals surface area contributed by atoms with Gasteiger partial charge in [0.15, 0.2) is 5.82 Å². The summed E-state index contributed by atoms with van der Waals surface area (Å²) in [6, 6.07) is 1.34. The van der Waals surface area contributed by atoms with Crippen LogP contribution in [-0.2, 0) is 0 Å². The zero-order valence-corrected chi connectivity index (χ0v) is 8.97. The number of halogens is 2. The highest BCUT2D eigenvalue weighted by Crippen LogP contribution is 2.17. The molecule has 0 saturated carbocycles. The van der Waals surface area contributed by atoms with Crippen LogP contribution >= 0.6 is 15.9 Å². The third kappa shape index (κ3) is 3.30. The predicted octanol–water partition coefficient (Wildman–Crippen LogP) is 3.16. The van der Waals surface area contributed by atoms with Crippen LogP contribution in [0.1, 0.15) is 19.8 Å². The summed E-state index contributed by atoms with van der Waals surface area (Å²) in [5, 5.41) is 0. The zero-order valence-electron chi connectivity index (χ0n) is 7.39. The van der Waals surface area contributed by atoms with Gasteiger partial charge in [-0.25, -0.2) is 9.37 Å². The number of nitrogens with zero attached hydrogens (tertiary/aromatic N) is 1. The minimum absolute atomic E-state index is 0.0802. The van der Waals surface area contributed by atoms with Gasteiger partial charge in [-0.2, -0.15) is 0 Å². The van der Waals surface area contributed by atoms with Gasteiger partial charge in [0.2, 0.25) is 5.88 Å². The number of hydrogen-bond acceptors (Lipinski definition) is 2. The minimum Gasteiger partial charge on any atom is -0.476 e. The molecule has 0 bridgehead atoms. The molecule has 13 heavy (non-hydrogen) atoms. The van der Waals surface area contributed by atoms with Gasteiger partial charge in [0.1, 0.15) is 0 Å². The number of hydrogen-bond donors (Lipinski definition) is 0. The molecule has 0 N–H and O–H groups in total. The van der Waals surface area contributed by atoms with Crippen LogP contribution in [0.5, 0.6) is 5.88 Å². The van der Waals surface area contributed by atoms with E-state index in [9.17, 15) is 4.39 Å². The summed E-state index contributed by atoms with van der Waals surface area (Å²) < 4.78 is 18.8. The second-order valence-electron chi connectivity index (χ2n) is 2.64. The maximum atomic E-state index is 13.1. The lowest BCUT2D eigenvalue weighted by Gasteiger charge is -2.04. The Morgan fingerprint density at radius 3 is 3.00 bits per heavy atom. The van der Waals surface area contributed by atoms with E-state index in [4.69, 9.17) is 4.74 Å². The van der Waals surface area contributed by atoms with Crippen LogP contribution in [0.15, 0.2) is 16.7 Å². The Hall–Kier alpha value is -0.640.